The molecule has 2 aliphatic carbocycles. The van der Waals surface area contributed by atoms with Crippen molar-refractivity contribution < 1.29 is 24.2 Å². The zero-order valence-electron chi connectivity index (χ0n) is 21.0. The number of rotatable bonds is 8. The molecule has 1 amide bonds. The SMILES string of the molecule is BC1(C(=O)O)CCC[C@H](Oc2ccc(-c3nnn(C)c3COC(=O)N(C)CC3CCC3)nc2C)C1. The Balaban J connectivity index is 1.42. The smallest absolute Gasteiger partial charge is 0.409 e. The molecule has 2 aliphatic rings. The molecular weight excluding hydrogens is 449 g/mol. The summed E-state index contributed by atoms with van der Waals surface area (Å²) in [5.41, 5.74) is 2.49. The Morgan fingerprint density at radius 2 is 2.06 bits per heavy atom. The molecule has 10 nitrogen and oxygen atoms in total. The monoisotopic (exact) mass is 483 g/mol. The van der Waals surface area contributed by atoms with Gasteiger partial charge in [0.05, 0.1) is 17.5 Å². The summed E-state index contributed by atoms with van der Waals surface area (Å²) in [5, 5.41) is 17.2. The van der Waals surface area contributed by atoms with Gasteiger partial charge >= 0.3 is 12.1 Å². The first-order chi connectivity index (χ1) is 16.7. The highest BCUT2D eigenvalue weighted by Gasteiger charge is 2.39. The number of pyridine rings is 1. The minimum Gasteiger partial charge on any atom is -0.489 e. The number of hydrogen-bond acceptors (Lipinski definition) is 7. The summed E-state index contributed by atoms with van der Waals surface area (Å²) in [6, 6.07) is 3.64. The van der Waals surface area contributed by atoms with E-state index >= 15 is 0 Å². The Morgan fingerprint density at radius 1 is 1.29 bits per heavy atom. The fourth-order valence-electron chi connectivity index (χ4n) is 4.82. The van der Waals surface area contributed by atoms with Crippen LogP contribution in [0, 0.1) is 12.8 Å². The van der Waals surface area contributed by atoms with Crippen molar-refractivity contribution in [3.05, 3.63) is 23.5 Å². The Hall–Kier alpha value is -3.11. The molecule has 2 heterocycles. The summed E-state index contributed by atoms with van der Waals surface area (Å²) in [5.74, 6) is 0.421. The molecule has 0 radical (unpaired) electrons. The number of nitrogens with zero attached hydrogens (tertiary/aromatic N) is 5. The lowest BCUT2D eigenvalue weighted by Gasteiger charge is -2.35. The highest BCUT2D eigenvalue weighted by atomic mass is 16.6. The van der Waals surface area contributed by atoms with Gasteiger partial charge in [-0.25, -0.2) is 14.5 Å². The fourth-order valence-corrected chi connectivity index (χ4v) is 4.82. The van der Waals surface area contributed by atoms with Gasteiger partial charge in [-0.1, -0.05) is 11.6 Å². The maximum absolute atomic E-state index is 12.4. The molecular formula is C24H34BN5O5. The molecule has 2 aromatic heterocycles. The summed E-state index contributed by atoms with van der Waals surface area (Å²) < 4.78 is 13.3. The van der Waals surface area contributed by atoms with Crippen LogP contribution >= 0.6 is 0 Å². The number of carbonyl (C=O) groups excluding carboxylic acids is 1. The van der Waals surface area contributed by atoms with Crippen LogP contribution < -0.4 is 4.74 Å². The van der Waals surface area contributed by atoms with Crippen molar-refractivity contribution in [1.29, 1.82) is 0 Å². The normalized spacial score (nSPS) is 22.3. The largest absolute Gasteiger partial charge is 0.489 e. The van der Waals surface area contributed by atoms with Gasteiger partial charge in [0.25, 0.3) is 0 Å². The average molecular weight is 483 g/mol. The van der Waals surface area contributed by atoms with Crippen LogP contribution in [0.3, 0.4) is 0 Å². The molecule has 0 aliphatic heterocycles. The van der Waals surface area contributed by atoms with E-state index in [0.717, 1.165) is 25.7 Å². The standard InChI is InChI=1S/C24H34BN5O5/c1-15-20(35-17-8-5-11-24(25,12-17)22(31)32)10-9-18(26-15)21-19(30(3)28-27-21)14-34-23(33)29(2)13-16-6-4-7-16/h9-10,16-17H,4-8,11-14,25H2,1-3H3,(H,31,32)/t17-,24?/m0/s1. The number of aromatic nitrogens is 4. The second kappa shape index (κ2) is 10.3. The molecule has 4 rings (SSSR count). The highest BCUT2D eigenvalue weighted by Crippen LogP contribution is 2.41. The molecule has 1 unspecified atom stereocenters. The molecule has 2 fully saturated rings. The van der Waals surface area contributed by atoms with Gasteiger partial charge in [0, 0.05) is 26.0 Å². The van der Waals surface area contributed by atoms with Crippen LogP contribution in [0.5, 0.6) is 5.75 Å². The Labute approximate surface area is 206 Å². The van der Waals surface area contributed by atoms with Gasteiger partial charge in [0.2, 0.25) is 0 Å². The molecule has 0 spiro atoms. The fraction of sp³-hybridized carbons (Fsp3) is 0.625. The number of ether oxygens (including phenoxy) is 2. The van der Waals surface area contributed by atoms with Crippen molar-refractivity contribution in [1.82, 2.24) is 24.9 Å². The first-order valence-electron chi connectivity index (χ1n) is 12.3. The van der Waals surface area contributed by atoms with Crippen molar-refractivity contribution in [2.24, 2.45) is 13.0 Å². The van der Waals surface area contributed by atoms with Gasteiger partial charge in [-0.15, -0.1) is 5.10 Å². The summed E-state index contributed by atoms with van der Waals surface area (Å²) in [7, 11) is 5.30. The Bertz CT molecular complexity index is 1090. The Kier molecular flexibility index (Phi) is 7.32. The molecule has 11 heteroatoms. The number of amides is 1. The maximum atomic E-state index is 12.4. The number of carboxylic acids is 1. The van der Waals surface area contributed by atoms with Gasteiger partial charge < -0.3 is 19.5 Å². The summed E-state index contributed by atoms with van der Waals surface area (Å²) >= 11 is 0. The quantitative estimate of drug-likeness (QED) is 0.570. The van der Waals surface area contributed by atoms with E-state index in [2.05, 4.69) is 15.3 Å². The summed E-state index contributed by atoms with van der Waals surface area (Å²) in [6.45, 7) is 2.61. The molecule has 2 atom stereocenters. The van der Waals surface area contributed by atoms with E-state index in [4.69, 9.17) is 9.47 Å². The minimum atomic E-state index is -0.777. The van der Waals surface area contributed by atoms with E-state index in [1.54, 1.807) is 37.6 Å². The van der Waals surface area contributed by atoms with Gasteiger partial charge in [-0.2, -0.15) is 0 Å². The van der Waals surface area contributed by atoms with Crippen LogP contribution in [0.15, 0.2) is 12.1 Å². The third-order valence-corrected chi connectivity index (χ3v) is 7.37. The van der Waals surface area contributed by atoms with Crippen LogP contribution in [0.1, 0.15) is 56.3 Å². The number of aliphatic carboxylic acids is 1. The van der Waals surface area contributed by atoms with E-state index in [1.807, 2.05) is 13.0 Å². The molecule has 0 bridgehead atoms. The van der Waals surface area contributed by atoms with E-state index in [9.17, 15) is 14.7 Å². The van der Waals surface area contributed by atoms with Gasteiger partial charge in [0.1, 0.15) is 31.6 Å². The molecule has 1 N–H and O–H groups in total. The second-order valence-electron chi connectivity index (χ2n) is 10.2. The molecule has 0 saturated heterocycles. The minimum absolute atomic E-state index is 0.0432. The van der Waals surface area contributed by atoms with Crippen molar-refractivity contribution >= 4 is 19.9 Å². The predicted molar refractivity (Wildman–Crippen MR) is 131 cm³/mol. The predicted octanol–water partition coefficient (Wildman–Crippen LogP) is 2.75. The molecule has 2 saturated carbocycles. The van der Waals surface area contributed by atoms with Crippen molar-refractivity contribution in [3.8, 4) is 17.1 Å². The zero-order valence-corrected chi connectivity index (χ0v) is 21.0. The molecule has 2 aromatic rings. The number of hydrogen-bond donors (Lipinski definition) is 1. The number of aryl methyl sites for hydroxylation is 2. The van der Waals surface area contributed by atoms with E-state index in [-0.39, 0.29) is 18.8 Å². The van der Waals surface area contributed by atoms with Gasteiger partial charge in [0.15, 0.2) is 0 Å². The first kappa shape index (κ1) is 25.0. The molecule has 0 aromatic carbocycles. The van der Waals surface area contributed by atoms with Gasteiger partial charge in [-0.3, -0.25) is 4.79 Å². The maximum Gasteiger partial charge on any atom is 0.409 e. The topological polar surface area (TPSA) is 120 Å². The molecule has 188 valence electrons. The van der Waals surface area contributed by atoms with Crippen molar-refractivity contribution in [2.75, 3.05) is 13.6 Å². The van der Waals surface area contributed by atoms with Crippen LogP contribution in [0.2, 0.25) is 5.31 Å². The summed E-state index contributed by atoms with van der Waals surface area (Å²) in [6.07, 6.45) is 5.80. The van der Waals surface area contributed by atoms with Crippen molar-refractivity contribution in [2.45, 2.75) is 69.9 Å². The number of carboxylic acid groups (broad SMARTS) is 1. The lowest BCUT2D eigenvalue weighted by Crippen LogP contribution is -2.35. The lowest BCUT2D eigenvalue weighted by atomic mass is 9.59. The number of carbonyl (C=O) groups is 2. The van der Waals surface area contributed by atoms with Crippen LogP contribution in [0.4, 0.5) is 4.79 Å². The van der Waals surface area contributed by atoms with E-state index in [1.165, 1.54) is 6.42 Å². The lowest BCUT2D eigenvalue weighted by molar-refractivity contribution is -0.142. The van der Waals surface area contributed by atoms with Gasteiger partial charge in [-0.05, 0) is 63.5 Å². The third kappa shape index (κ3) is 5.60. The third-order valence-electron chi connectivity index (χ3n) is 7.37. The van der Waals surface area contributed by atoms with Crippen LogP contribution in [-0.2, 0) is 23.2 Å². The second-order valence-corrected chi connectivity index (χ2v) is 10.2. The zero-order chi connectivity index (χ0) is 25.2. The average Bonchev–Trinajstić information content (AvgIpc) is 3.16. The summed E-state index contributed by atoms with van der Waals surface area (Å²) in [4.78, 5) is 30.4. The highest BCUT2D eigenvalue weighted by molar-refractivity contribution is 6.26. The van der Waals surface area contributed by atoms with Crippen LogP contribution in [-0.4, -0.2) is 69.6 Å². The van der Waals surface area contributed by atoms with Crippen LogP contribution in [0.25, 0.3) is 11.4 Å². The molecule has 35 heavy (non-hydrogen) atoms. The van der Waals surface area contributed by atoms with Crippen molar-refractivity contribution in [3.63, 3.8) is 0 Å². The Morgan fingerprint density at radius 3 is 2.71 bits per heavy atom. The first-order valence-corrected chi connectivity index (χ1v) is 12.3. The van der Waals surface area contributed by atoms with E-state index in [0.29, 0.717) is 53.8 Å². The van der Waals surface area contributed by atoms with E-state index < -0.39 is 11.3 Å².